The summed E-state index contributed by atoms with van der Waals surface area (Å²) in [7, 11) is -4.59. The molecule has 0 amide bonds. The van der Waals surface area contributed by atoms with Crippen molar-refractivity contribution < 1.29 is 22.9 Å². The molecule has 0 saturated heterocycles. The molecule has 0 radical (unpaired) electrons. The molecule has 0 N–H and O–H groups in total. The molecule has 3 rings (SSSR count). The Morgan fingerprint density at radius 3 is 1.30 bits per heavy atom. The van der Waals surface area contributed by atoms with E-state index in [0.29, 0.717) is 17.2 Å². The minimum atomic E-state index is -4.59. The normalized spacial score (nSPS) is 12.5. The van der Waals surface area contributed by atoms with Gasteiger partial charge in [-0.2, -0.15) is 0 Å². The maximum absolute atomic E-state index is 12.7. The fourth-order valence-corrected chi connectivity index (χ4v) is 5.86. The molecular formula is C24H27O5P. The number of para-hydroxylation sites is 3. The third-order valence-electron chi connectivity index (χ3n) is 4.44. The summed E-state index contributed by atoms with van der Waals surface area (Å²) in [5.74, 6) is 0.989. The molecule has 0 bridgehead atoms. The van der Waals surface area contributed by atoms with E-state index in [2.05, 4.69) is 0 Å². The molecule has 0 fully saturated rings. The van der Waals surface area contributed by atoms with E-state index < -0.39 is 19.1 Å². The van der Waals surface area contributed by atoms with Gasteiger partial charge in [0.1, 0.15) is 0 Å². The Hall–Kier alpha value is -3.04. The predicted molar refractivity (Wildman–Crippen MR) is 120 cm³/mol. The molecule has 3 aromatic rings. The van der Waals surface area contributed by atoms with Crippen molar-refractivity contribution in [1.82, 2.24) is 0 Å². The molecule has 5 nitrogen and oxygen atoms in total. The van der Waals surface area contributed by atoms with Crippen LogP contribution in [0.4, 0.5) is 0 Å². The monoisotopic (exact) mass is 426 g/mol. The first-order valence-electron chi connectivity index (χ1n) is 9.96. The van der Waals surface area contributed by atoms with Crippen LogP contribution in [0.15, 0.2) is 91.0 Å². The van der Waals surface area contributed by atoms with Gasteiger partial charge in [-0.05, 0) is 0 Å². The zero-order valence-corrected chi connectivity index (χ0v) is 18.3. The molecule has 6 heteroatoms. The minimum absolute atomic E-state index is 0.152. The maximum atomic E-state index is 12.7. The Balaban J connectivity index is 2.22. The van der Waals surface area contributed by atoms with Crippen LogP contribution in [0.2, 0.25) is 0 Å². The Morgan fingerprint density at radius 2 is 1.03 bits per heavy atom. The van der Waals surface area contributed by atoms with Crippen molar-refractivity contribution in [3.63, 3.8) is 0 Å². The molecule has 158 valence electrons. The number of carbonyl (C=O) groups excluding carboxylic acids is 1. The summed E-state index contributed by atoms with van der Waals surface area (Å²) >= 11 is 0. The molecule has 0 aliphatic rings. The van der Waals surface area contributed by atoms with E-state index in [1.807, 2.05) is 68.4 Å². The van der Waals surface area contributed by atoms with Crippen LogP contribution in [0.5, 0.6) is 17.2 Å². The summed E-state index contributed by atoms with van der Waals surface area (Å²) in [5.41, 5.74) is -0.438. The van der Waals surface area contributed by atoms with E-state index in [-0.39, 0.29) is 6.42 Å². The third kappa shape index (κ3) is 4.74. The van der Waals surface area contributed by atoms with Gasteiger partial charge in [0, 0.05) is 0 Å². The van der Waals surface area contributed by atoms with Crippen molar-refractivity contribution in [3.8, 4) is 17.2 Å². The van der Waals surface area contributed by atoms with E-state index in [1.165, 1.54) is 0 Å². The van der Waals surface area contributed by atoms with Gasteiger partial charge in [-0.15, -0.1) is 0 Å². The van der Waals surface area contributed by atoms with E-state index >= 15 is 0 Å². The molecule has 30 heavy (non-hydrogen) atoms. The average molecular weight is 426 g/mol. The number of carbonyl (C=O) groups is 1. The van der Waals surface area contributed by atoms with E-state index in [4.69, 9.17) is 18.1 Å². The molecule has 0 aliphatic heterocycles. The molecule has 0 aromatic heterocycles. The van der Waals surface area contributed by atoms with Gasteiger partial charge < -0.3 is 0 Å². The van der Waals surface area contributed by atoms with Crippen molar-refractivity contribution >= 4 is 13.5 Å². The number of rotatable bonds is 9. The summed E-state index contributed by atoms with van der Waals surface area (Å²) in [6, 6.07) is 27.4. The SMILES string of the molecule is CCC(=O)OP(Oc1ccccc1)(Oc1ccccc1)(Oc1ccccc1)C(C)C. The summed E-state index contributed by atoms with van der Waals surface area (Å²) < 4.78 is 25.5. The second kappa shape index (κ2) is 9.19. The second-order valence-corrected chi connectivity index (χ2v) is 10.5. The third-order valence-corrected chi connectivity index (χ3v) is 8.28. The van der Waals surface area contributed by atoms with Crippen molar-refractivity contribution in [1.29, 1.82) is 0 Å². The van der Waals surface area contributed by atoms with Crippen LogP contribution in [-0.4, -0.2) is 11.6 Å². The standard InChI is InChI=1S/C24H27O5P/c1-4-24(25)29-30(20(2)3,26-21-14-8-5-9-15-21,27-22-16-10-6-11-17-22)28-23-18-12-7-13-19-23/h5-20H,4H2,1-3H3. The van der Waals surface area contributed by atoms with Crippen LogP contribution in [-0.2, 0) is 9.32 Å². The van der Waals surface area contributed by atoms with Crippen LogP contribution in [0.1, 0.15) is 27.2 Å². The van der Waals surface area contributed by atoms with Gasteiger partial charge in [-0.3, -0.25) is 0 Å². The van der Waals surface area contributed by atoms with Gasteiger partial charge >= 0.3 is 177 Å². The Kier molecular flexibility index (Phi) is 6.63. The molecule has 0 heterocycles. The first kappa shape index (κ1) is 21.7. The van der Waals surface area contributed by atoms with Crippen molar-refractivity contribution in [3.05, 3.63) is 91.0 Å². The molecule has 0 unspecified atom stereocenters. The molecule has 0 saturated carbocycles. The second-order valence-electron chi connectivity index (χ2n) is 6.99. The fourth-order valence-electron chi connectivity index (χ4n) is 2.80. The number of hydrogen-bond donors (Lipinski definition) is 0. The van der Waals surface area contributed by atoms with Crippen LogP contribution >= 0.6 is 7.51 Å². The number of benzene rings is 3. The Morgan fingerprint density at radius 1 is 0.700 bits per heavy atom. The Labute approximate surface area is 177 Å². The van der Waals surface area contributed by atoms with Crippen molar-refractivity contribution in [2.45, 2.75) is 32.9 Å². The summed E-state index contributed by atoms with van der Waals surface area (Å²) in [5, 5.41) is 0. The van der Waals surface area contributed by atoms with Crippen LogP contribution in [0.3, 0.4) is 0 Å². The number of hydrogen-bond acceptors (Lipinski definition) is 5. The zero-order valence-electron chi connectivity index (χ0n) is 17.4. The zero-order chi connectivity index (χ0) is 21.5. The average Bonchev–Trinajstić information content (AvgIpc) is 2.75. The van der Waals surface area contributed by atoms with E-state index in [0.717, 1.165) is 0 Å². The molecule has 0 atom stereocenters. The topological polar surface area (TPSA) is 54.0 Å². The van der Waals surface area contributed by atoms with Gasteiger partial charge in [0.2, 0.25) is 0 Å². The summed E-state index contributed by atoms with van der Waals surface area (Å²) in [6.45, 7) is 5.47. The first-order chi connectivity index (χ1) is 14.5. The summed E-state index contributed by atoms with van der Waals surface area (Å²) in [4.78, 5) is 12.7. The van der Waals surface area contributed by atoms with Crippen LogP contribution in [0, 0.1) is 0 Å². The van der Waals surface area contributed by atoms with Gasteiger partial charge in [0.15, 0.2) is 0 Å². The Bertz CT molecular complexity index is 841. The predicted octanol–water partition coefficient (Wildman–Crippen LogP) is 6.80. The quantitative estimate of drug-likeness (QED) is 0.352. The first-order valence-corrected chi connectivity index (χ1v) is 11.9. The van der Waals surface area contributed by atoms with Gasteiger partial charge in [0.05, 0.1) is 0 Å². The van der Waals surface area contributed by atoms with Gasteiger partial charge in [-0.1, -0.05) is 0 Å². The van der Waals surface area contributed by atoms with Gasteiger partial charge in [-0.25, -0.2) is 0 Å². The molecular weight excluding hydrogens is 399 g/mol. The van der Waals surface area contributed by atoms with Crippen molar-refractivity contribution in [2.24, 2.45) is 0 Å². The molecule has 0 spiro atoms. The van der Waals surface area contributed by atoms with Crippen LogP contribution in [0.25, 0.3) is 0 Å². The van der Waals surface area contributed by atoms with E-state index in [1.54, 1.807) is 43.3 Å². The molecule has 3 aromatic carbocycles. The van der Waals surface area contributed by atoms with E-state index in [9.17, 15) is 4.79 Å². The summed E-state index contributed by atoms with van der Waals surface area (Å²) in [6.07, 6.45) is 0.152. The fraction of sp³-hybridized carbons (Fsp3) is 0.208. The van der Waals surface area contributed by atoms with Gasteiger partial charge in [0.25, 0.3) is 0 Å². The van der Waals surface area contributed by atoms with Crippen LogP contribution < -0.4 is 13.6 Å². The molecule has 0 aliphatic carbocycles. The van der Waals surface area contributed by atoms with Crippen molar-refractivity contribution in [2.75, 3.05) is 0 Å².